The Kier molecular flexibility index (Phi) is 18.2. The molecule has 58 valence electrons. The van der Waals surface area contributed by atoms with E-state index in [0.29, 0.717) is 0 Å². The van der Waals surface area contributed by atoms with E-state index in [1.54, 1.807) is 12.2 Å². The molecule has 0 saturated carbocycles. The van der Waals surface area contributed by atoms with Crippen LogP contribution in [0.4, 0.5) is 0 Å². The summed E-state index contributed by atoms with van der Waals surface area (Å²) in [5, 5.41) is 7.89. The predicted octanol–water partition coefficient (Wildman–Crippen LogP) is 1.36. The van der Waals surface area contributed by atoms with Crippen molar-refractivity contribution in [3.05, 3.63) is 37.5 Å². The molecule has 0 bridgehead atoms. The van der Waals surface area contributed by atoms with Crippen molar-refractivity contribution in [2.75, 3.05) is 0 Å². The molecule has 0 aliphatic carbocycles. The molecule has 0 amide bonds. The molecule has 3 heteroatoms. The number of carboxylic acids is 1. The zero-order chi connectivity index (χ0) is 8.57. The molecule has 0 aliphatic heterocycles. The number of allylic oxidation sites excluding steroid dienone is 2. The van der Waals surface area contributed by atoms with Gasteiger partial charge in [0.05, 0.1) is 0 Å². The molecule has 0 unspecified atom stereocenters. The van der Waals surface area contributed by atoms with Crippen molar-refractivity contribution in [2.45, 2.75) is 6.92 Å². The van der Waals surface area contributed by atoms with Crippen LogP contribution in [-0.4, -0.2) is 29.9 Å². The van der Waals surface area contributed by atoms with E-state index in [9.17, 15) is 4.79 Å². The molecule has 0 fully saturated rings. The number of hydrogen-bond acceptors (Lipinski definition) is 1. The van der Waals surface area contributed by atoms with Crippen LogP contribution in [0.1, 0.15) is 6.92 Å². The summed E-state index contributed by atoms with van der Waals surface area (Å²) >= 11 is 0. The van der Waals surface area contributed by atoms with Crippen molar-refractivity contribution in [2.24, 2.45) is 0 Å². The summed E-state index contributed by atoms with van der Waals surface area (Å²) in [5.74, 6) is -0.935. The molecule has 0 aromatic rings. The first-order chi connectivity index (χ1) is 4.56. The van der Waals surface area contributed by atoms with Crippen LogP contribution >= 0.6 is 0 Å². The van der Waals surface area contributed by atoms with Gasteiger partial charge in [0, 0.05) is 5.57 Å². The Balaban J connectivity index is -0.000000114. The SMILES string of the molecule is C=C(C)C(=O)O.C=CC=C.[LiH]. The molecule has 0 heterocycles. The van der Waals surface area contributed by atoms with Gasteiger partial charge in [-0.05, 0) is 6.92 Å². The first kappa shape index (κ1) is 16.7. The van der Waals surface area contributed by atoms with Crippen molar-refractivity contribution < 1.29 is 9.90 Å². The molecule has 2 nitrogen and oxygen atoms in total. The minimum atomic E-state index is -0.935. The summed E-state index contributed by atoms with van der Waals surface area (Å²) in [6.07, 6.45) is 3.28. The second kappa shape index (κ2) is 12.0. The maximum absolute atomic E-state index is 9.60. The van der Waals surface area contributed by atoms with Gasteiger partial charge in [0.2, 0.25) is 0 Å². The topological polar surface area (TPSA) is 37.3 Å². The van der Waals surface area contributed by atoms with Crippen LogP contribution in [-0.2, 0) is 4.79 Å². The molecule has 0 saturated heterocycles. The Hall–Kier alpha value is -0.713. The van der Waals surface area contributed by atoms with Crippen LogP contribution in [0.15, 0.2) is 37.5 Å². The molecule has 0 spiro atoms. The van der Waals surface area contributed by atoms with Crippen LogP contribution in [0.3, 0.4) is 0 Å². The fraction of sp³-hybridized carbons (Fsp3) is 0.125. The number of carbonyl (C=O) groups is 1. The summed E-state index contributed by atoms with van der Waals surface area (Å²) in [6, 6.07) is 0. The first-order valence-corrected chi connectivity index (χ1v) is 2.68. The predicted molar refractivity (Wildman–Crippen MR) is 50.0 cm³/mol. The Morgan fingerprint density at radius 1 is 1.36 bits per heavy atom. The van der Waals surface area contributed by atoms with E-state index >= 15 is 0 Å². The van der Waals surface area contributed by atoms with E-state index in [1.807, 2.05) is 0 Å². The van der Waals surface area contributed by atoms with Gasteiger partial charge in [-0.25, -0.2) is 4.79 Å². The Bertz CT molecular complexity index is 132. The van der Waals surface area contributed by atoms with Crippen LogP contribution < -0.4 is 0 Å². The Morgan fingerprint density at radius 3 is 1.55 bits per heavy atom. The summed E-state index contributed by atoms with van der Waals surface area (Å²) in [6.45, 7) is 11.3. The number of carboxylic acid groups (broad SMARTS) is 1. The van der Waals surface area contributed by atoms with E-state index in [4.69, 9.17) is 5.11 Å². The average molecular weight is 148 g/mol. The fourth-order valence-electron chi connectivity index (χ4n) is 0. The summed E-state index contributed by atoms with van der Waals surface area (Å²) in [7, 11) is 0. The minimum absolute atomic E-state index is 0. The number of aliphatic carboxylic acids is 1. The van der Waals surface area contributed by atoms with Crippen molar-refractivity contribution >= 4 is 24.8 Å². The first-order valence-electron chi connectivity index (χ1n) is 2.68. The molecule has 0 aromatic carbocycles. The van der Waals surface area contributed by atoms with Gasteiger partial charge in [-0.1, -0.05) is 31.9 Å². The fourth-order valence-corrected chi connectivity index (χ4v) is 0. The van der Waals surface area contributed by atoms with Crippen LogP contribution in [0, 0.1) is 0 Å². The van der Waals surface area contributed by atoms with Crippen molar-refractivity contribution in [3.63, 3.8) is 0 Å². The summed E-state index contributed by atoms with van der Waals surface area (Å²) in [5.41, 5.74) is 0.176. The third-order valence-electron chi connectivity index (χ3n) is 0.532. The van der Waals surface area contributed by atoms with Crippen molar-refractivity contribution in [1.29, 1.82) is 0 Å². The molecule has 0 aliphatic rings. The molecular formula is C8H13LiO2. The monoisotopic (exact) mass is 148 g/mol. The standard InChI is InChI=1S/C4H6O2.C4H6.Li.H/c1-3(2)4(5)6;1-3-4-2;;/h1H2,2H3,(H,5,6);3-4H,1-2H2;;. The van der Waals surface area contributed by atoms with Gasteiger partial charge in [-0.2, -0.15) is 0 Å². The zero-order valence-corrected chi connectivity index (χ0v) is 6.13. The number of hydrogen-bond donors (Lipinski definition) is 1. The van der Waals surface area contributed by atoms with Gasteiger partial charge in [0.15, 0.2) is 0 Å². The second-order valence-electron chi connectivity index (χ2n) is 1.56. The molecule has 0 atom stereocenters. The second-order valence-corrected chi connectivity index (χ2v) is 1.56. The molecule has 0 aromatic heterocycles. The van der Waals surface area contributed by atoms with E-state index in [-0.39, 0.29) is 24.4 Å². The molecule has 0 rings (SSSR count). The van der Waals surface area contributed by atoms with Gasteiger partial charge >= 0.3 is 24.8 Å². The van der Waals surface area contributed by atoms with E-state index in [2.05, 4.69) is 19.7 Å². The van der Waals surface area contributed by atoms with Gasteiger partial charge in [-0.15, -0.1) is 0 Å². The van der Waals surface area contributed by atoms with Gasteiger partial charge in [0.25, 0.3) is 0 Å². The van der Waals surface area contributed by atoms with Gasteiger partial charge in [-0.3, -0.25) is 0 Å². The van der Waals surface area contributed by atoms with Crippen LogP contribution in [0.25, 0.3) is 0 Å². The Morgan fingerprint density at radius 2 is 1.55 bits per heavy atom. The average Bonchev–Trinajstić information content (AvgIpc) is 1.89. The summed E-state index contributed by atoms with van der Waals surface area (Å²) < 4.78 is 0. The van der Waals surface area contributed by atoms with Gasteiger partial charge < -0.3 is 5.11 Å². The molecule has 1 N–H and O–H groups in total. The van der Waals surface area contributed by atoms with E-state index in [0.717, 1.165) is 0 Å². The maximum atomic E-state index is 9.60. The number of rotatable bonds is 2. The van der Waals surface area contributed by atoms with Crippen molar-refractivity contribution in [3.8, 4) is 0 Å². The normalized spacial score (nSPS) is 5.91. The third kappa shape index (κ3) is 26.8. The van der Waals surface area contributed by atoms with Crippen LogP contribution in [0.5, 0.6) is 0 Å². The molecule has 0 radical (unpaired) electrons. The van der Waals surface area contributed by atoms with E-state index in [1.165, 1.54) is 6.92 Å². The van der Waals surface area contributed by atoms with Crippen LogP contribution in [0.2, 0.25) is 0 Å². The Labute approximate surface area is 79.5 Å². The van der Waals surface area contributed by atoms with Gasteiger partial charge in [0.1, 0.15) is 0 Å². The third-order valence-corrected chi connectivity index (χ3v) is 0.532. The summed E-state index contributed by atoms with van der Waals surface area (Å²) in [4.78, 5) is 9.60. The van der Waals surface area contributed by atoms with Crippen molar-refractivity contribution in [1.82, 2.24) is 0 Å². The molecular weight excluding hydrogens is 135 g/mol. The van der Waals surface area contributed by atoms with E-state index < -0.39 is 5.97 Å². The quantitative estimate of drug-likeness (QED) is 0.364. The zero-order valence-electron chi connectivity index (χ0n) is 6.13. The molecule has 11 heavy (non-hydrogen) atoms.